The number of nitrogens with zero attached hydrogens (tertiary/aromatic N) is 1. The molecule has 3 N–H and O–H groups in total. The summed E-state index contributed by atoms with van der Waals surface area (Å²) in [6.45, 7) is 3.17. The Kier molecular flexibility index (Phi) is 3.46. The molecule has 0 radical (unpaired) electrons. The Labute approximate surface area is 116 Å². The third-order valence-corrected chi connectivity index (χ3v) is 4.13. The third-order valence-electron chi connectivity index (χ3n) is 2.52. The standard InChI is InChI=1S/C11H14ClN3O3S/c1-11(2,6-16)14-10-13-8-4-3-7(12)5-9(8)19(17,18)15-10/h3-5,16H,6H2,1-2H3,(H2,13,14,15). The number of benzene rings is 1. The Morgan fingerprint density at radius 3 is 2.74 bits per heavy atom. The summed E-state index contributed by atoms with van der Waals surface area (Å²) in [6.07, 6.45) is 0. The van der Waals surface area contributed by atoms with Crippen LogP contribution in [0.4, 0.5) is 5.69 Å². The predicted octanol–water partition coefficient (Wildman–Crippen LogP) is 1.17. The van der Waals surface area contributed by atoms with Crippen molar-refractivity contribution in [2.75, 3.05) is 11.9 Å². The van der Waals surface area contributed by atoms with E-state index in [2.05, 4.69) is 15.0 Å². The van der Waals surface area contributed by atoms with Crippen LogP contribution in [0.1, 0.15) is 13.8 Å². The smallest absolute Gasteiger partial charge is 0.266 e. The van der Waals surface area contributed by atoms with Gasteiger partial charge in [-0.2, -0.15) is 0 Å². The second-order valence-corrected chi connectivity index (χ2v) is 6.89. The van der Waals surface area contributed by atoms with Gasteiger partial charge in [0.15, 0.2) is 0 Å². The average Bonchev–Trinajstić information content (AvgIpc) is 2.29. The molecule has 0 aliphatic carbocycles. The van der Waals surface area contributed by atoms with Crippen LogP contribution in [-0.4, -0.2) is 31.6 Å². The van der Waals surface area contributed by atoms with Crippen LogP contribution < -0.4 is 10.0 Å². The van der Waals surface area contributed by atoms with E-state index in [0.29, 0.717) is 10.7 Å². The monoisotopic (exact) mass is 303 g/mol. The molecule has 1 heterocycles. The molecule has 8 heteroatoms. The minimum absolute atomic E-state index is 0.0701. The Morgan fingerprint density at radius 1 is 1.42 bits per heavy atom. The highest BCUT2D eigenvalue weighted by Crippen LogP contribution is 2.28. The van der Waals surface area contributed by atoms with Crippen LogP contribution in [-0.2, 0) is 10.0 Å². The van der Waals surface area contributed by atoms with E-state index in [4.69, 9.17) is 16.7 Å². The number of sulfonamides is 1. The highest BCUT2D eigenvalue weighted by Gasteiger charge is 2.28. The summed E-state index contributed by atoms with van der Waals surface area (Å²) >= 11 is 5.79. The SMILES string of the molecule is CC(C)(CO)N=C1Nc2ccc(Cl)cc2S(=O)(=O)N1. The van der Waals surface area contributed by atoms with Gasteiger partial charge in [-0.3, -0.25) is 0 Å². The first-order chi connectivity index (χ1) is 8.73. The Hall–Kier alpha value is -1.31. The summed E-state index contributed by atoms with van der Waals surface area (Å²) < 4.78 is 26.4. The van der Waals surface area contributed by atoms with Crippen LogP contribution in [0.2, 0.25) is 5.02 Å². The number of aliphatic hydroxyl groups is 1. The predicted molar refractivity (Wildman–Crippen MR) is 74.0 cm³/mol. The number of rotatable bonds is 2. The zero-order valence-electron chi connectivity index (χ0n) is 10.4. The summed E-state index contributed by atoms with van der Waals surface area (Å²) in [5.41, 5.74) is -0.384. The van der Waals surface area contributed by atoms with Gasteiger partial charge < -0.3 is 10.4 Å². The maximum atomic E-state index is 12.1. The number of guanidine groups is 1. The van der Waals surface area contributed by atoms with Crippen LogP contribution in [0.3, 0.4) is 0 Å². The van der Waals surface area contributed by atoms with Crippen LogP contribution in [0.15, 0.2) is 28.1 Å². The molecule has 1 aliphatic heterocycles. The van der Waals surface area contributed by atoms with E-state index >= 15 is 0 Å². The second kappa shape index (κ2) is 4.66. The minimum Gasteiger partial charge on any atom is -0.394 e. The molecule has 0 aromatic heterocycles. The Balaban J connectivity index is 2.48. The number of fused-ring (bicyclic) bond motifs is 1. The zero-order chi connectivity index (χ0) is 14.3. The van der Waals surface area contributed by atoms with Crippen molar-refractivity contribution < 1.29 is 13.5 Å². The highest BCUT2D eigenvalue weighted by molar-refractivity contribution is 7.90. The van der Waals surface area contributed by atoms with Crippen molar-refractivity contribution in [1.29, 1.82) is 0 Å². The van der Waals surface area contributed by atoms with E-state index in [1.165, 1.54) is 6.07 Å². The van der Waals surface area contributed by atoms with Crippen molar-refractivity contribution in [3.8, 4) is 0 Å². The van der Waals surface area contributed by atoms with E-state index in [9.17, 15) is 8.42 Å². The van der Waals surface area contributed by atoms with Crippen LogP contribution in [0.5, 0.6) is 0 Å². The van der Waals surface area contributed by atoms with Gasteiger partial charge in [0.25, 0.3) is 10.0 Å². The van der Waals surface area contributed by atoms with Crippen molar-refractivity contribution >= 4 is 33.3 Å². The van der Waals surface area contributed by atoms with Gasteiger partial charge in [-0.1, -0.05) is 11.6 Å². The summed E-state index contributed by atoms with van der Waals surface area (Å²) in [7, 11) is -3.70. The van der Waals surface area contributed by atoms with Gasteiger partial charge in [-0.15, -0.1) is 0 Å². The zero-order valence-corrected chi connectivity index (χ0v) is 12.0. The van der Waals surface area contributed by atoms with Gasteiger partial charge in [0.2, 0.25) is 5.96 Å². The molecule has 19 heavy (non-hydrogen) atoms. The maximum absolute atomic E-state index is 12.1. The molecule has 0 atom stereocenters. The van der Waals surface area contributed by atoms with E-state index in [-0.39, 0.29) is 17.5 Å². The number of aliphatic imine (C=N–C) groups is 1. The van der Waals surface area contributed by atoms with Gasteiger partial charge >= 0.3 is 0 Å². The van der Waals surface area contributed by atoms with Crippen molar-refractivity contribution in [2.24, 2.45) is 4.99 Å². The number of anilines is 1. The molecule has 0 bridgehead atoms. The molecule has 104 valence electrons. The van der Waals surface area contributed by atoms with Crippen molar-refractivity contribution in [3.05, 3.63) is 23.2 Å². The Morgan fingerprint density at radius 2 is 2.11 bits per heavy atom. The molecule has 0 amide bonds. The fourth-order valence-corrected chi connectivity index (χ4v) is 2.93. The first-order valence-corrected chi connectivity index (χ1v) is 7.40. The van der Waals surface area contributed by atoms with Crippen LogP contribution >= 0.6 is 11.6 Å². The molecule has 1 aromatic rings. The van der Waals surface area contributed by atoms with E-state index in [1.807, 2.05) is 0 Å². The molecular weight excluding hydrogens is 290 g/mol. The maximum Gasteiger partial charge on any atom is 0.266 e. The number of halogens is 1. The first kappa shape index (κ1) is 14.1. The second-order valence-electron chi connectivity index (χ2n) is 4.80. The summed E-state index contributed by atoms with van der Waals surface area (Å²) in [5.74, 6) is 0.0777. The first-order valence-electron chi connectivity index (χ1n) is 5.54. The fraction of sp³-hybridized carbons (Fsp3) is 0.364. The summed E-state index contributed by atoms with van der Waals surface area (Å²) in [5, 5.41) is 12.4. The average molecular weight is 304 g/mol. The van der Waals surface area contributed by atoms with Crippen LogP contribution in [0.25, 0.3) is 0 Å². The third kappa shape index (κ3) is 2.99. The normalized spacial score (nSPS) is 19.5. The lowest BCUT2D eigenvalue weighted by Gasteiger charge is -2.25. The molecular formula is C11H14ClN3O3S. The Bertz CT molecular complexity index is 641. The van der Waals surface area contributed by atoms with Gasteiger partial charge in [0, 0.05) is 5.02 Å². The van der Waals surface area contributed by atoms with Crippen molar-refractivity contribution in [1.82, 2.24) is 4.72 Å². The highest BCUT2D eigenvalue weighted by atomic mass is 35.5. The fourth-order valence-electron chi connectivity index (χ4n) is 1.55. The number of aliphatic hydroxyl groups excluding tert-OH is 1. The number of hydrogen-bond acceptors (Lipinski definition) is 4. The topological polar surface area (TPSA) is 90.8 Å². The minimum atomic E-state index is -3.70. The number of hydrogen-bond donors (Lipinski definition) is 3. The molecule has 0 spiro atoms. The lowest BCUT2D eigenvalue weighted by Crippen LogP contribution is -2.43. The molecule has 1 aromatic carbocycles. The van der Waals surface area contributed by atoms with Gasteiger partial charge in [-0.25, -0.2) is 18.1 Å². The molecule has 0 fully saturated rings. The molecule has 0 saturated heterocycles. The summed E-state index contributed by atoms with van der Waals surface area (Å²) in [6, 6.07) is 4.51. The number of nitrogens with one attached hydrogen (secondary N) is 2. The lowest BCUT2D eigenvalue weighted by atomic mass is 10.1. The van der Waals surface area contributed by atoms with E-state index in [0.717, 1.165) is 0 Å². The molecule has 0 unspecified atom stereocenters. The molecule has 0 saturated carbocycles. The molecule has 1 aliphatic rings. The van der Waals surface area contributed by atoms with Crippen LogP contribution in [0, 0.1) is 0 Å². The van der Waals surface area contributed by atoms with Crippen molar-refractivity contribution in [2.45, 2.75) is 24.3 Å². The molecule has 2 rings (SSSR count). The quantitative estimate of drug-likeness (QED) is 0.765. The molecule has 6 nitrogen and oxygen atoms in total. The largest absolute Gasteiger partial charge is 0.394 e. The van der Waals surface area contributed by atoms with Crippen molar-refractivity contribution in [3.63, 3.8) is 0 Å². The van der Waals surface area contributed by atoms with E-state index < -0.39 is 15.6 Å². The van der Waals surface area contributed by atoms with Gasteiger partial charge in [0.05, 0.1) is 17.8 Å². The van der Waals surface area contributed by atoms with E-state index in [1.54, 1.807) is 26.0 Å². The summed E-state index contributed by atoms with van der Waals surface area (Å²) in [4.78, 5) is 4.21. The van der Waals surface area contributed by atoms with Gasteiger partial charge in [-0.05, 0) is 32.0 Å². The van der Waals surface area contributed by atoms with Gasteiger partial charge in [0.1, 0.15) is 4.90 Å². The lowest BCUT2D eigenvalue weighted by molar-refractivity contribution is 0.222.